The molecule has 1 aromatic heterocycles. The molecule has 0 bridgehead atoms. The van der Waals surface area contributed by atoms with Crippen molar-refractivity contribution in [2.45, 2.75) is 58.1 Å². The molecule has 1 aromatic rings. The second-order valence-electron chi connectivity index (χ2n) is 5.36. The third kappa shape index (κ3) is 3.21. The summed E-state index contributed by atoms with van der Waals surface area (Å²) < 4.78 is 5.45. The average Bonchev–Trinajstić information content (AvgIpc) is 2.62. The Balaban J connectivity index is 2.14. The minimum Gasteiger partial charge on any atom is -0.461 e. The zero-order chi connectivity index (χ0) is 13.2. The van der Waals surface area contributed by atoms with E-state index in [9.17, 15) is 0 Å². The van der Waals surface area contributed by atoms with Crippen LogP contribution in [0.2, 0.25) is 0 Å². The molecule has 6 heteroatoms. The van der Waals surface area contributed by atoms with E-state index in [4.69, 9.17) is 10.5 Å². The van der Waals surface area contributed by atoms with Crippen LogP contribution in [-0.2, 0) is 0 Å². The lowest BCUT2D eigenvalue weighted by Crippen LogP contribution is -2.32. The first-order chi connectivity index (χ1) is 8.47. The number of nitrogen functional groups attached to an aromatic ring is 1. The lowest BCUT2D eigenvalue weighted by molar-refractivity contribution is 0.222. The molecule has 0 aromatic carbocycles. The van der Waals surface area contributed by atoms with Crippen LogP contribution in [0.5, 0.6) is 6.01 Å². The number of hydrogen-bond donors (Lipinski definition) is 2. The van der Waals surface area contributed by atoms with Crippen molar-refractivity contribution >= 4 is 11.9 Å². The highest BCUT2D eigenvalue weighted by Crippen LogP contribution is 2.31. The third-order valence-corrected chi connectivity index (χ3v) is 3.09. The standard InChI is InChI=1S/C12H21N5O/c1-8(2)18-11-15-9(13)14-10(16-11)17-12(3)6-4-5-7-12/h8H,4-7H2,1-3H3,(H3,13,14,15,16,17). The van der Waals surface area contributed by atoms with Crippen LogP contribution in [0, 0.1) is 0 Å². The number of rotatable bonds is 4. The van der Waals surface area contributed by atoms with Crippen molar-refractivity contribution in [1.29, 1.82) is 0 Å². The van der Waals surface area contributed by atoms with Gasteiger partial charge in [0.25, 0.3) is 0 Å². The Kier molecular flexibility index (Phi) is 3.54. The molecule has 0 unspecified atom stereocenters. The Morgan fingerprint density at radius 1 is 1.22 bits per heavy atom. The smallest absolute Gasteiger partial charge is 0.323 e. The quantitative estimate of drug-likeness (QED) is 0.851. The van der Waals surface area contributed by atoms with Crippen molar-refractivity contribution in [1.82, 2.24) is 15.0 Å². The molecule has 0 spiro atoms. The second-order valence-corrected chi connectivity index (χ2v) is 5.36. The summed E-state index contributed by atoms with van der Waals surface area (Å²) in [6, 6.07) is 0.279. The van der Waals surface area contributed by atoms with Crippen LogP contribution in [-0.4, -0.2) is 26.6 Å². The third-order valence-electron chi connectivity index (χ3n) is 3.09. The molecule has 1 saturated carbocycles. The Morgan fingerprint density at radius 2 is 1.89 bits per heavy atom. The van der Waals surface area contributed by atoms with E-state index in [1.807, 2.05) is 13.8 Å². The summed E-state index contributed by atoms with van der Waals surface area (Å²) >= 11 is 0. The number of ether oxygens (including phenoxy) is 1. The molecule has 1 aliphatic rings. The minimum atomic E-state index is 0.0155. The molecular formula is C12H21N5O. The van der Waals surface area contributed by atoms with E-state index in [2.05, 4.69) is 27.2 Å². The van der Waals surface area contributed by atoms with Crippen molar-refractivity contribution in [2.75, 3.05) is 11.1 Å². The molecule has 1 aliphatic carbocycles. The Bertz CT molecular complexity index is 415. The van der Waals surface area contributed by atoms with E-state index in [0.29, 0.717) is 5.95 Å². The van der Waals surface area contributed by atoms with Crippen molar-refractivity contribution in [3.63, 3.8) is 0 Å². The zero-order valence-electron chi connectivity index (χ0n) is 11.2. The highest BCUT2D eigenvalue weighted by atomic mass is 16.5. The SMILES string of the molecule is CC(C)Oc1nc(N)nc(NC2(C)CCCC2)n1. The molecule has 0 amide bonds. The van der Waals surface area contributed by atoms with E-state index in [-0.39, 0.29) is 23.6 Å². The Labute approximate surface area is 107 Å². The van der Waals surface area contributed by atoms with Crippen LogP contribution in [0.4, 0.5) is 11.9 Å². The molecule has 0 saturated heterocycles. The second kappa shape index (κ2) is 4.96. The summed E-state index contributed by atoms with van der Waals surface area (Å²) in [7, 11) is 0. The first-order valence-corrected chi connectivity index (χ1v) is 6.43. The van der Waals surface area contributed by atoms with E-state index >= 15 is 0 Å². The molecule has 3 N–H and O–H groups in total. The van der Waals surface area contributed by atoms with E-state index < -0.39 is 0 Å². The lowest BCUT2D eigenvalue weighted by atomic mass is 10.0. The summed E-state index contributed by atoms with van der Waals surface area (Å²) in [4.78, 5) is 12.3. The number of aromatic nitrogens is 3. The molecule has 1 fully saturated rings. The normalized spacial score (nSPS) is 18.0. The summed E-state index contributed by atoms with van der Waals surface area (Å²) in [5.74, 6) is 0.687. The lowest BCUT2D eigenvalue weighted by Gasteiger charge is -2.25. The van der Waals surface area contributed by atoms with Crippen molar-refractivity contribution < 1.29 is 4.74 Å². The highest BCUT2D eigenvalue weighted by molar-refractivity contribution is 5.35. The number of nitrogens with zero attached hydrogens (tertiary/aromatic N) is 3. The number of hydrogen-bond acceptors (Lipinski definition) is 6. The molecule has 100 valence electrons. The van der Waals surface area contributed by atoms with Crippen LogP contribution < -0.4 is 15.8 Å². The van der Waals surface area contributed by atoms with E-state index in [1.54, 1.807) is 0 Å². The summed E-state index contributed by atoms with van der Waals surface area (Å²) in [6.45, 7) is 6.03. The maximum Gasteiger partial charge on any atom is 0.323 e. The topological polar surface area (TPSA) is 86.0 Å². The van der Waals surface area contributed by atoms with Crippen LogP contribution in [0.3, 0.4) is 0 Å². The number of anilines is 2. The first kappa shape index (κ1) is 12.9. The van der Waals surface area contributed by atoms with Crippen molar-refractivity contribution in [3.05, 3.63) is 0 Å². The Hall–Kier alpha value is -1.59. The fourth-order valence-corrected chi connectivity index (χ4v) is 2.24. The van der Waals surface area contributed by atoms with Crippen LogP contribution in [0.1, 0.15) is 46.5 Å². The summed E-state index contributed by atoms with van der Waals surface area (Å²) in [6.07, 6.45) is 4.73. The van der Waals surface area contributed by atoms with Crippen LogP contribution in [0.15, 0.2) is 0 Å². The van der Waals surface area contributed by atoms with Gasteiger partial charge in [0.1, 0.15) is 0 Å². The molecule has 0 radical (unpaired) electrons. The largest absolute Gasteiger partial charge is 0.461 e. The van der Waals surface area contributed by atoms with Gasteiger partial charge in [-0.2, -0.15) is 15.0 Å². The van der Waals surface area contributed by atoms with Crippen molar-refractivity contribution in [2.24, 2.45) is 0 Å². The van der Waals surface area contributed by atoms with Gasteiger partial charge >= 0.3 is 6.01 Å². The van der Waals surface area contributed by atoms with E-state index in [1.165, 1.54) is 12.8 Å². The van der Waals surface area contributed by atoms with Gasteiger partial charge < -0.3 is 15.8 Å². The zero-order valence-corrected chi connectivity index (χ0v) is 11.2. The van der Waals surface area contributed by atoms with E-state index in [0.717, 1.165) is 12.8 Å². The van der Waals surface area contributed by atoms with Gasteiger partial charge in [0, 0.05) is 5.54 Å². The maximum absolute atomic E-state index is 5.67. The van der Waals surface area contributed by atoms with Gasteiger partial charge in [-0.25, -0.2) is 0 Å². The number of nitrogens with one attached hydrogen (secondary N) is 1. The molecule has 18 heavy (non-hydrogen) atoms. The predicted molar refractivity (Wildman–Crippen MR) is 70.5 cm³/mol. The van der Waals surface area contributed by atoms with Gasteiger partial charge in [0.15, 0.2) is 0 Å². The molecule has 0 atom stereocenters. The molecule has 6 nitrogen and oxygen atoms in total. The number of nitrogens with two attached hydrogens (primary N) is 1. The summed E-state index contributed by atoms with van der Waals surface area (Å²) in [5.41, 5.74) is 5.73. The van der Waals surface area contributed by atoms with Gasteiger partial charge in [-0.15, -0.1) is 0 Å². The fourth-order valence-electron chi connectivity index (χ4n) is 2.24. The maximum atomic E-state index is 5.67. The monoisotopic (exact) mass is 251 g/mol. The van der Waals surface area contributed by atoms with Gasteiger partial charge in [-0.3, -0.25) is 0 Å². The minimum absolute atomic E-state index is 0.0155. The summed E-state index contributed by atoms with van der Waals surface area (Å²) in [5, 5.41) is 3.35. The Morgan fingerprint density at radius 3 is 2.50 bits per heavy atom. The first-order valence-electron chi connectivity index (χ1n) is 6.43. The predicted octanol–water partition coefficient (Wildman–Crippen LogP) is 1.99. The fraction of sp³-hybridized carbons (Fsp3) is 0.750. The van der Waals surface area contributed by atoms with Crippen LogP contribution >= 0.6 is 0 Å². The molecule has 1 heterocycles. The van der Waals surface area contributed by atoms with Gasteiger partial charge in [0.2, 0.25) is 11.9 Å². The molecule has 2 rings (SSSR count). The molecule has 0 aliphatic heterocycles. The highest BCUT2D eigenvalue weighted by Gasteiger charge is 2.29. The average molecular weight is 251 g/mol. The van der Waals surface area contributed by atoms with Gasteiger partial charge in [0.05, 0.1) is 6.10 Å². The molecular weight excluding hydrogens is 230 g/mol. The van der Waals surface area contributed by atoms with Gasteiger partial charge in [-0.05, 0) is 33.6 Å². The van der Waals surface area contributed by atoms with Crippen molar-refractivity contribution in [3.8, 4) is 6.01 Å². The van der Waals surface area contributed by atoms with Gasteiger partial charge in [-0.1, -0.05) is 12.8 Å². The van der Waals surface area contributed by atoms with Crippen LogP contribution in [0.25, 0.3) is 0 Å².